The van der Waals surface area contributed by atoms with Crippen LogP contribution >= 0.6 is 0 Å². The van der Waals surface area contributed by atoms with Gasteiger partial charge in [-0.15, -0.1) is 0 Å². The Morgan fingerprint density at radius 1 is 1.24 bits per heavy atom. The zero-order chi connectivity index (χ0) is 17.8. The quantitative estimate of drug-likeness (QED) is 0.932. The fraction of sp³-hybridized carbons (Fsp3) is 0.450. The van der Waals surface area contributed by atoms with E-state index in [1.807, 2.05) is 49.1 Å². The van der Waals surface area contributed by atoms with Crippen molar-refractivity contribution in [3.05, 3.63) is 42.1 Å². The molecule has 1 fully saturated rings. The first-order valence-corrected chi connectivity index (χ1v) is 8.97. The lowest BCUT2D eigenvalue weighted by Gasteiger charge is -2.32. The van der Waals surface area contributed by atoms with Gasteiger partial charge in [-0.3, -0.25) is 9.59 Å². The number of carbonyl (C=O) groups is 2. The van der Waals surface area contributed by atoms with E-state index < -0.39 is 0 Å². The summed E-state index contributed by atoms with van der Waals surface area (Å²) in [5.41, 5.74) is 1.33. The third kappa shape index (κ3) is 4.16. The molecule has 1 aromatic carbocycles. The summed E-state index contributed by atoms with van der Waals surface area (Å²) < 4.78 is 0. The topological polar surface area (TPSA) is 62.3 Å². The Labute approximate surface area is 148 Å². The van der Waals surface area contributed by atoms with Crippen molar-refractivity contribution in [1.29, 1.82) is 0 Å². The van der Waals surface area contributed by atoms with Crippen molar-refractivity contribution >= 4 is 22.7 Å². The minimum absolute atomic E-state index is 0.0110. The van der Waals surface area contributed by atoms with Gasteiger partial charge in [-0.25, -0.2) is 4.98 Å². The van der Waals surface area contributed by atoms with E-state index in [0.717, 1.165) is 30.3 Å². The Hall–Kier alpha value is -2.43. The Bertz CT molecular complexity index is 772. The van der Waals surface area contributed by atoms with Crippen LogP contribution in [0.1, 0.15) is 37.2 Å². The van der Waals surface area contributed by atoms with Gasteiger partial charge in [-0.1, -0.05) is 38.1 Å². The Balaban J connectivity index is 1.65. The molecule has 1 atom stereocenters. The van der Waals surface area contributed by atoms with E-state index in [2.05, 4.69) is 10.3 Å². The van der Waals surface area contributed by atoms with Crippen LogP contribution in [0.5, 0.6) is 0 Å². The molecule has 3 rings (SSSR count). The highest BCUT2D eigenvalue weighted by Gasteiger charge is 2.25. The zero-order valence-corrected chi connectivity index (χ0v) is 14.9. The molecule has 2 amide bonds. The highest BCUT2D eigenvalue weighted by Crippen LogP contribution is 2.19. The fourth-order valence-corrected chi connectivity index (χ4v) is 3.21. The van der Waals surface area contributed by atoms with Crippen LogP contribution in [0.25, 0.3) is 10.9 Å². The average molecular weight is 339 g/mol. The molecule has 0 unspecified atom stereocenters. The molecule has 0 aliphatic carbocycles. The van der Waals surface area contributed by atoms with Crippen LogP contribution in [0.3, 0.4) is 0 Å². The molecule has 1 aromatic heterocycles. The lowest BCUT2D eigenvalue weighted by atomic mass is 9.97. The van der Waals surface area contributed by atoms with Crippen molar-refractivity contribution in [2.24, 2.45) is 11.8 Å². The SMILES string of the molecule is CC(C)C(=O)NC[C@@H]1CCCN(C(=O)c2ccc3ccccc3n2)C1. The summed E-state index contributed by atoms with van der Waals surface area (Å²) in [5, 5.41) is 4.02. The zero-order valence-electron chi connectivity index (χ0n) is 14.9. The molecule has 5 heteroatoms. The van der Waals surface area contributed by atoms with E-state index in [1.165, 1.54) is 0 Å². The highest BCUT2D eigenvalue weighted by molar-refractivity contribution is 5.95. The van der Waals surface area contributed by atoms with E-state index in [9.17, 15) is 9.59 Å². The van der Waals surface area contributed by atoms with Crippen molar-refractivity contribution in [3.8, 4) is 0 Å². The summed E-state index contributed by atoms with van der Waals surface area (Å²) in [4.78, 5) is 30.9. The average Bonchev–Trinajstić information content (AvgIpc) is 2.65. The molecule has 2 aromatic rings. The van der Waals surface area contributed by atoms with Gasteiger partial charge in [-0.2, -0.15) is 0 Å². The predicted molar refractivity (Wildman–Crippen MR) is 98.2 cm³/mol. The van der Waals surface area contributed by atoms with Crippen LogP contribution in [0.2, 0.25) is 0 Å². The predicted octanol–water partition coefficient (Wildman–Crippen LogP) is 2.86. The van der Waals surface area contributed by atoms with Crippen LogP contribution in [0.4, 0.5) is 0 Å². The van der Waals surface area contributed by atoms with Gasteiger partial charge < -0.3 is 10.2 Å². The molecular formula is C20H25N3O2. The lowest BCUT2D eigenvalue weighted by Crippen LogP contribution is -2.44. The number of para-hydroxylation sites is 1. The minimum atomic E-state index is -0.0226. The van der Waals surface area contributed by atoms with Gasteiger partial charge in [0.05, 0.1) is 5.52 Å². The molecule has 2 heterocycles. The van der Waals surface area contributed by atoms with E-state index in [4.69, 9.17) is 0 Å². The molecule has 5 nitrogen and oxygen atoms in total. The van der Waals surface area contributed by atoms with Crippen molar-refractivity contribution in [2.75, 3.05) is 19.6 Å². The third-order valence-corrected chi connectivity index (χ3v) is 4.71. The maximum Gasteiger partial charge on any atom is 0.272 e. The third-order valence-electron chi connectivity index (χ3n) is 4.71. The summed E-state index contributed by atoms with van der Waals surface area (Å²) in [6.45, 7) is 5.83. The maximum absolute atomic E-state index is 12.8. The molecule has 1 aliphatic rings. The number of fused-ring (bicyclic) bond motifs is 1. The molecular weight excluding hydrogens is 314 g/mol. The standard InChI is InChI=1S/C20H25N3O2/c1-14(2)19(24)21-12-15-6-5-11-23(13-15)20(25)18-10-9-16-7-3-4-8-17(16)22-18/h3-4,7-10,14-15H,5-6,11-13H2,1-2H3,(H,21,24)/t15-/m0/s1. The van der Waals surface area contributed by atoms with Gasteiger partial charge in [0.2, 0.25) is 5.91 Å². The van der Waals surface area contributed by atoms with E-state index in [-0.39, 0.29) is 17.7 Å². The van der Waals surface area contributed by atoms with Crippen LogP contribution in [-0.2, 0) is 4.79 Å². The number of rotatable bonds is 4. The molecule has 0 bridgehead atoms. The number of amides is 2. The van der Waals surface area contributed by atoms with E-state index >= 15 is 0 Å². The van der Waals surface area contributed by atoms with Crippen LogP contribution in [0.15, 0.2) is 36.4 Å². The maximum atomic E-state index is 12.8. The van der Waals surface area contributed by atoms with Crippen molar-refractivity contribution < 1.29 is 9.59 Å². The number of benzene rings is 1. The second kappa shape index (κ2) is 7.64. The van der Waals surface area contributed by atoms with Crippen molar-refractivity contribution in [3.63, 3.8) is 0 Å². The number of likely N-dealkylation sites (tertiary alicyclic amines) is 1. The number of nitrogens with zero attached hydrogens (tertiary/aromatic N) is 2. The Morgan fingerprint density at radius 3 is 2.84 bits per heavy atom. The van der Waals surface area contributed by atoms with Crippen molar-refractivity contribution in [2.45, 2.75) is 26.7 Å². The summed E-state index contributed by atoms with van der Waals surface area (Å²) in [6.07, 6.45) is 1.99. The second-order valence-corrected chi connectivity index (χ2v) is 7.05. The number of nitrogens with one attached hydrogen (secondary N) is 1. The monoisotopic (exact) mass is 339 g/mol. The molecule has 132 valence electrons. The molecule has 0 spiro atoms. The molecule has 1 aliphatic heterocycles. The number of hydrogen-bond acceptors (Lipinski definition) is 3. The first kappa shape index (κ1) is 17.4. The first-order valence-electron chi connectivity index (χ1n) is 8.97. The molecule has 0 radical (unpaired) electrons. The minimum Gasteiger partial charge on any atom is -0.356 e. The Kier molecular flexibility index (Phi) is 5.31. The lowest BCUT2D eigenvalue weighted by molar-refractivity contribution is -0.124. The van der Waals surface area contributed by atoms with Gasteiger partial charge in [0.25, 0.3) is 5.91 Å². The summed E-state index contributed by atoms with van der Waals surface area (Å²) in [7, 11) is 0. The first-order chi connectivity index (χ1) is 12.0. The van der Waals surface area contributed by atoms with Gasteiger partial charge in [0, 0.05) is 30.9 Å². The number of pyridine rings is 1. The summed E-state index contributed by atoms with van der Waals surface area (Å²) >= 11 is 0. The Morgan fingerprint density at radius 2 is 2.04 bits per heavy atom. The molecule has 1 saturated heterocycles. The van der Waals surface area contributed by atoms with Gasteiger partial charge >= 0.3 is 0 Å². The fourth-order valence-electron chi connectivity index (χ4n) is 3.21. The molecule has 25 heavy (non-hydrogen) atoms. The van der Waals surface area contributed by atoms with Gasteiger partial charge in [0.1, 0.15) is 5.69 Å². The van der Waals surface area contributed by atoms with E-state index in [1.54, 1.807) is 6.07 Å². The summed E-state index contributed by atoms with van der Waals surface area (Å²) in [5.74, 6) is 0.342. The highest BCUT2D eigenvalue weighted by atomic mass is 16.2. The smallest absolute Gasteiger partial charge is 0.272 e. The largest absolute Gasteiger partial charge is 0.356 e. The van der Waals surface area contributed by atoms with Crippen molar-refractivity contribution in [1.82, 2.24) is 15.2 Å². The van der Waals surface area contributed by atoms with Crippen LogP contribution in [0, 0.1) is 11.8 Å². The van der Waals surface area contributed by atoms with Crippen LogP contribution < -0.4 is 5.32 Å². The van der Waals surface area contributed by atoms with Gasteiger partial charge in [-0.05, 0) is 30.9 Å². The van der Waals surface area contributed by atoms with Gasteiger partial charge in [0.15, 0.2) is 0 Å². The number of hydrogen-bond donors (Lipinski definition) is 1. The molecule has 0 saturated carbocycles. The van der Waals surface area contributed by atoms with E-state index in [0.29, 0.717) is 24.7 Å². The number of aromatic nitrogens is 1. The number of piperidine rings is 1. The summed E-state index contributed by atoms with van der Waals surface area (Å²) in [6, 6.07) is 11.6. The molecule has 1 N–H and O–H groups in total. The number of carbonyl (C=O) groups excluding carboxylic acids is 2. The second-order valence-electron chi connectivity index (χ2n) is 7.05. The normalized spacial score (nSPS) is 17.7. The van der Waals surface area contributed by atoms with Crippen LogP contribution in [-0.4, -0.2) is 41.3 Å².